The zero-order chi connectivity index (χ0) is 19.7. The third-order valence-corrected chi connectivity index (χ3v) is 0.167. The molecule has 0 fully saturated rings. The first kappa shape index (κ1) is 42.8. The van der Waals surface area contributed by atoms with Crippen LogP contribution < -0.4 is 17.6 Å². The SMILES string of the molecule is CC(=O)O.CC(=O)O.CC(=O)O.CC(=O)O.N.NCCN.OO. The van der Waals surface area contributed by atoms with E-state index in [9.17, 15) is 0 Å². The van der Waals surface area contributed by atoms with Crippen LogP contribution in [0.5, 0.6) is 0 Å². The molecule has 0 aromatic heterocycles. The van der Waals surface area contributed by atoms with Gasteiger partial charge in [0.1, 0.15) is 0 Å². The van der Waals surface area contributed by atoms with E-state index >= 15 is 0 Å². The Bertz CT molecular complexity index is 195. The van der Waals surface area contributed by atoms with Crippen LogP contribution in [0.4, 0.5) is 0 Å². The molecular weight excluding hydrogens is 322 g/mol. The van der Waals surface area contributed by atoms with Crippen LogP contribution in [-0.2, 0) is 19.2 Å². The van der Waals surface area contributed by atoms with Gasteiger partial charge in [-0.05, 0) is 0 Å². The molecule has 13 nitrogen and oxygen atoms in total. The fourth-order valence-electron chi connectivity index (χ4n) is 0. The van der Waals surface area contributed by atoms with E-state index in [1.165, 1.54) is 0 Å². The highest BCUT2D eigenvalue weighted by Gasteiger charge is 1.66. The third kappa shape index (κ3) is 3530. The van der Waals surface area contributed by atoms with Crippen molar-refractivity contribution in [3.8, 4) is 0 Å². The maximum absolute atomic E-state index is 9.00. The van der Waals surface area contributed by atoms with Gasteiger partial charge in [-0.25, -0.2) is 0 Å². The molecule has 0 aliphatic rings. The van der Waals surface area contributed by atoms with Gasteiger partial charge in [-0.2, -0.15) is 0 Å². The summed E-state index contributed by atoms with van der Waals surface area (Å²) in [5.74, 6) is -3.33. The molecule has 0 bridgehead atoms. The summed E-state index contributed by atoms with van der Waals surface area (Å²) in [6.45, 7) is 5.53. The number of hydrogen-bond acceptors (Lipinski definition) is 9. The fraction of sp³-hybridized carbons (Fsp3) is 0.600. The Hall–Kier alpha value is -2.32. The molecule has 0 aromatic carbocycles. The molecule has 144 valence electrons. The summed E-state index contributed by atoms with van der Waals surface area (Å²) >= 11 is 0. The van der Waals surface area contributed by atoms with Crippen molar-refractivity contribution in [1.29, 1.82) is 0 Å². The fourth-order valence-corrected chi connectivity index (χ4v) is 0. The molecule has 23 heavy (non-hydrogen) atoms. The van der Waals surface area contributed by atoms with Crippen LogP contribution in [0, 0.1) is 0 Å². The Kier molecular flexibility index (Phi) is 93.7. The second-order valence-corrected chi connectivity index (χ2v) is 2.65. The van der Waals surface area contributed by atoms with Gasteiger partial charge in [-0.3, -0.25) is 29.7 Å². The van der Waals surface area contributed by atoms with Crippen molar-refractivity contribution in [2.45, 2.75) is 27.7 Å². The molecule has 0 radical (unpaired) electrons. The van der Waals surface area contributed by atoms with Crippen molar-refractivity contribution in [2.24, 2.45) is 11.5 Å². The Balaban J connectivity index is -0.0000000268. The molecular formula is C10H29N3O10. The second-order valence-electron chi connectivity index (χ2n) is 2.65. The van der Waals surface area contributed by atoms with Crippen molar-refractivity contribution >= 4 is 23.9 Å². The largest absolute Gasteiger partial charge is 0.481 e. The number of nitrogens with two attached hydrogens (primary N) is 2. The summed E-state index contributed by atoms with van der Waals surface area (Å²) in [5.41, 5.74) is 9.81. The number of carbonyl (C=O) groups is 4. The van der Waals surface area contributed by atoms with Gasteiger partial charge in [0.15, 0.2) is 0 Å². The number of carboxylic acid groups (broad SMARTS) is 4. The molecule has 0 aliphatic heterocycles. The summed E-state index contributed by atoms with van der Waals surface area (Å²) in [4.78, 5) is 36.0. The lowest BCUT2D eigenvalue weighted by Crippen LogP contribution is -2.11. The van der Waals surface area contributed by atoms with Gasteiger partial charge in [-0.15, -0.1) is 0 Å². The van der Waals surface area contributed by atoms with Crippen LogP contribution in [0.1, 0.15) is 27.7 Å². The van der Waals surface area contributed by atoms with E-state index in [1.807, 2.05) is 0 Å². The first-order chi connectivity index (χ1) is 9.84. The minimum atomic E-state index is -0.833. The van der Waals surface area contributed by atoms with E-state index in [-0.39, 0.29) is 6.15 Å². The highest BCUT2D eigenvalue weighted by atomic mass is 17.0. The number of carboxylic acids is 4. The summed E-state index contributed by atoms with van der Waals surface area (Å²) in [5, 5.41) is 41.7. The van der Waals surface area contributed by atoms with Crippen molar-refractivity contribution in [3.05, 3.63) is 0 Å². The van der Waals surface area contributed by atoms with Gasteiger partial charge in [0.05, 0.1) is 0 Å². The molecule has 0 unspecified atom stereocenters. The number of aliphatic carboxylic acids is 4. The van der Waals surface area contributed by atoms with E-state index < -0.39 is 23.9 Å². The molecule has 0 saturated heterocycles. The molecule has 0 atom stereocenters. The zero-order valence-corrected chi connectivity index (χ0v) is 13.6. The molecule has 0 aliphatic carbocycles. The van der Waals surface area contributed by atoms with Gasteiger partial charge >= 0.3 is 0 Å². The van der Waals surface area contributed by atoms with E-state index in [0.717, 1.165) is 27.7 Å². The van der Waals surface area contributed by atoms with Crippen LogP contribution in [0.2, 0.25) is 0 Å². The van der Waals surface area contributed by atoms with Crippen LogP contribution in [0.15, 0.2) is 0 Å². The highest BCUT2D eigenvalue weighted by Crippen LogP contribution is 1.43. The van der Waals surface area contributed by atoms with Gasteiger partial charge in [0, 0.05) is 40.8 Å². The monoisotopic (exact) mass is 351 g/mol. The summed E-state index contributed by atoms with van der Waals surface area (Å²) < 4.78 is 0. The first-order valence-electron chi connectivity index (χ1n) is 5.23. The third-order valence-electron chi connectivity index (χ3n) is 0.167. The molecule has 0 rings (SSSR count). The summed E-state index contributed by atoms with van der Waals surface area (Å²) in [6, 6.07) is 0. The van der Waals surface area contributed by atoms with Gasteiger partial charge in [0.25, 0.3) is 23.9 Å². The van der Waals surface area contributed by atoms with E-state index in [4.69, 9.17) is 61.6 Å². The maximum Gasteiger partial charge on any atom is 0.300 e. The average Bonchev–Trinajstić information content (AvgIpc) is 2.28. The Labute approximate surface area is 133 Å². The van der Waals surface area contributed by atoms with Crippen LogP contribution >= 0.6 is 0 Å². The van der Waals surface area contributed by atoms with Crippen molar-refractivity contribution in [3.63, 3.8) is 0 Å². The highest BCUT2D eigenvalue weighted by molar-refractivity contribution is 5.63. The maximum atomic E-state index is 9.00. The van der Waals surface area contributed by atoms with Crippen molar-refractivity contribution in [1.82, 2.24) is 6.15 Å². The Morgan fingerprint density at radius 2 is 0.652 bits per heavy atom. The molecule has 0 spiro atoms. The molecule has 0 aromatic rings. The minimum Gasteiger partial charge on any atom is -0.481 e. The molecule has 13 N–H and O–H groups in total. The first-order valence-corrected chi connectivity index (χ1v) is 5.23. The van der Waals surface area contributed by atoms with Gasteiger partial charge < -0.3 is 38.0 Å². The van der Waals surface area contributed by atoms with Crippen LogP contribution in [0.25, 0.3) is 0 Å². The predicted molar refractivity (Wildman–Crippen MR) is 81.6 cm³/mol. The van der Waals surface area contributed by atoms with Crippen molar-refractivity contribution in [2.75, 3.05) is 13.1 Å². The van der Waals surface area contributed by atoms with Gasteiger partial charge in [0.2, 0.25) is 0 Å². The lowest BCUT2D eigenvalue weighted by molar-refractivity contribution is -0.176. The Morgan fingerprint density at radius 1 is 0.609 bits per heavy atom. The van der Waals surface area contributed by atoms with E-state index in [1.54, 1.807) is 0 Å². The predicted octanol–water partition coefficient (Wildman–Crippen LogP) is -0.553. The molecule has 13 heteroatoms. The lowest BCUT2D eigenvalue weighted by Gasteiger charge is -1.72. The van der Waals surface area contributed by atoms with Crippen molar-refractivity contribution < 1.29 is 50.1 Å². The number of hydrogen-bond donors (Lipinski definition) is 9. The number of rotatable bonds is 1. The quantitative estimate of drug-likeness (QED) is 0.212. The van der Waals surface area contributed by atoms with E-state index in [2.05, 4.69) is 0 Å². The van der Waals surface area contributed by atoms with E-state index in [0.29, 0.717) is 13.1 Å². The summed E-state index contributed by atoms with van der Waals surface area (Å²) in [7, 11) is 0. The minimum absolute atomic E-state index is 0. The second kappa shape index (κ2) is 50.3. The lowest BCUT2D eigenvalue weighted by atomic mass is 10.7. The van der Waals surface area contributed by atoms with Crippen LogP contribution in [-0.4, -0.2) is 67.9 Å². The normalized spacial score (nSPS) is 5.91. The zero-order valence-electron chi connectivity index (χ0n) is 13.6. The molecule has 0 heterocycles. The van der Waals surface area contributed by atoms with Crippen LogP contribution in [0.3, 0.4) is 0 Å². The topological polar surface area (TPSA) is 277 Å². The summed E-state index contributed by atoms with van der Waals surface area (Å²) in [6.07, 6.45) is 0. The average molecular weight is 351 g/mol. The Morgan fingerprint density at radius 3 is 0.652 bits per heavy atom. The molecule has 0 amide bonds. The standard InChI is InChI=1S/C2H8N2.4C2H4O2.H3N.H2O2/c3-1-2-4;4*1-2(3)4;;1-2/h1-4H2;4*1H3,(H,3,4);1H3;1-2H. The smallest absolute Gasteiger partial charge is 0.300 e. The molecule has 0 saturated carbocycles. The van der Waals surface area contributed by atoms with Gasteiger partial charge in [-0.1, -0.05) is 0 Å².